The van der Waals surface area contributed by atoms with Gasteiger partial charge >= 0.3 is 0 Å². The number of hydrogen-bond acceptors (Lipinski definition) is 7. The number of nitrogens with zero attached hydrogens (tertiary/aromatic N) is 3. The van der Waals surface area contributed by atoms with Gasteiger partial charge < -0.3 is 24.4 Å². The Kier molecular flexibility index (Phi) is 6.57. The Morgan fingerprint density at radius 1 is 1.09 bits per heavy atom. The first-order valence-electron chi connectivity index (χ1n) is 11.2. The zero-order valence-corrected chi connectivity index (χ0v) is 19.8. The van der Waals surface area contributed by atoms with E-state index >= 15 is 0 Å². The van der Waals surface area contributed by atoms with Crippen molar-refractivity contribution >= 4 is 16.6 Å². The van der Waals surface area contributed by atoms with Crippen molar-refractivity contribution in [3.63, 3.8) is 0 Å². The molecular weight excluding hydrogens is 416 g/mol. The van der Waals surface area contributed by atoms with Crippen LogP contribution >= 0.6 is 0 Å². The predicted molar refractivity (Wildman–Crippen MR) is 129 cm³/mol. The molecule has 172 valence electrons. The smallest absolute Gasteiger partial charge is 0.161 e. The Balaban J connectivity index is 1.69. The maximum atomic E-state index is 9.62. The summed E-state index contributed by atoms with van der Waals surface area (Å²) >= 11 is 0. The summed E-state index contributed by atoms with van der Waals surface area (Å²) in [6.45, 7) is 8.54. The average molecular weight is 447 g/mol. The third kappa shape index (κ3) is 4.53. The van der Waals surface area contributed by atoms with Crippen molar-refractivity contribution in [2.45, 2.75) is 32.9 Å². The van der Waals surface area contributed by atoms with Crippen LogP contribution in [0.5, 0.6) is 17.2 Å². The summed E-state index contributed by atoms with van der Waals surface area (Å²) in [6.07, 6.45) is 1.78. The summed E-state index contributed by atoms with van der Waals surface area (Å²) < 4.78 is 16.9. The van der Waals surface area contributed by atoms with Gasteiger partial charge in [-0.25, -0.2) is 4.98 Å². The van der Waals surface area contributed by atoms with Crippen molar-refractivity contribution in [3.05, 3.63) is 53.2 Å². The second-order valence-electron chi connectivity index (χ2n) is 8.50. The molecule has 1 unspecified atom stereocenters. The monoisotopic (exact) mass is 446 g/mol. The van der Waals surface area contributed by atoms with Crippen molar-refractivity contribution in [3.8, 4) is 23.3 Å². The highest BCUT2D eigenvalue weighted by Crippen LogP contribution is 2.38. The summed E-state index contributed by atoms with van der Waals surface area (Å²) in [5, 5.41) is 14.9. The highest BCUT2D eigenvalue weighted by atomic mass is 16.5. The fraction of sp³-hybridized carbons (Fsp3) is 0.385. The number of nitriles is 1. The van der Waals surface area contributed by atoms with Gasteiger partial charge in [-0.3, -0.25) is 0 Å². The highest BCUT2D eigenvalue weighted by molar-refractivity contribution is 5.98. The quantitative estimate of drug-likeness (QED) is 0.602. The summed E-state index contributed by atoms with van der Waals surface area (Å²) in [5.41, 5.74) is 2.85. The van der Waals surface area contributed by atoms with E-state index in [0.29, 0.717) is 17.1 Å². The molecule has 1 aliphatic rings. The molecule has 2 heterocycles. The lowest BCUT2D eigenvalue weighted by atomic mass is 10.0. The lowest BCUT2D eigenvalue weighted by Crippen LogP contribution is -2.46. The number of piperazine rings is 1. The molecule has 4 rings (SSSR count). The molecule has 0 aliphatic carbocycles. The van der Waals surface area contributed by atoms with Crippen LogP contribution in [0.15, 0.2) is 36.5 Å². The van der Waals surface area contributed by atoms with Crippen LogP contribution < -0.4 is 24.4 Å². The first-order valence-corrected chi connectivity index (χ1v) is 11.2. The van der Waals surface area contributed by atoms with E-state index in [9.17, 15) is 5.26 Å². The van der Waals surface area contributed by atoms with Crippen molar-refractivity contribution in [1.82, 2.24) is 10.3 Å². The van der Waals surface area contributed by atoms with Gasteiger partial charge in [-0.1, -0.05) is 12.1 Å². The van der Waals surface area contributed by atoms with Gasteiger partial charge in [0.2, 0.25) is 0 Å². The first kappa shape index (κ1) is 22.7. The fourth-order valence-electron chi connectivity index (χ4n) is 4.33. The van der Waals surface area contributed by atoms with Crippen LogP contribution in [0.4, 0.5) is 5.82 Å². The van der Waals surface area contributed by atoms with Gasteiger partial charge in [-0.05, 0) is 50.1 Å². The Hall–Kier alpha value is -3.50. The molecule has 0 bridgehead atoms. The largest absolute Gasteiger partial charge is 0.493 e. The van der Waals surface area contributed by atoms with Crippen molar-refractivity contribution in [2.75, 3.05) is 38.8 Å². The topological polar surface area (TPSA) is 79.6 Å². The third-order valence-corrected chi connectivity index (χ3v) is 5.93. The molecule has 1 N–H and O–H groups in total. The van der Waals surface area contributed by atoms with Crippen LogP contribution in [0.2, 0.25) is 0 Å². The maximum absolute atomic E-state index is 9.62. The minimum atomic E-state index is 0.143. The van der Waals surface area contributed by atoms with Gasteiger partial charge in [0.05, 0.1) is 25.9 Å². The zero-order chi connectivity index (χ0) is 23.5. The van der Waals surface area contributed by atoms with Crippen molar-refractivity contribution in [1.29, 1.82) is 5.26 Å². The molecule has 7 heteroatoms. The Labute approximate surface area is 194 Å². The minimum absolute atomic E-state index is 0.143. The second kappa shape index (κ2) is 9.55. The maximum Gasteiger partial charge on any atom is 0.161 e. The highest BCUT2D eigenvalue weighted by Gasteiger charge is 2.25. The Morgan fingerprint density at radius 3 is 2.45 bits per heavy atom. The first-order chi connectivity index (χ1) is 15.9. The summed E-state index contributed by atoms with van der Waals surface area (Å²) in [5.74, 6) is 2.97. The molecule has 2 aromatic carbocycles. The van der Waals surface area contributed by atoms with E-state index < -0.39 is 0 Å². The molecule has 1 aliphatic heterocycles. The summed E-state index contributed by atoms with van der Waals surface area (Å²) in [4.78, 5) is 6.95. The number of nitrogens with one attached hydrogen (secondary N) is 1. The van der Waals surface area contributed by atoms with Crippen LogP contribution in [0.1, 0.15) is 36.6 Å². The Bertz CT molecular complexity index is 1200. The van der Waals surface area contributed by atoms with Crippen LogP contribution in [-0.2, 0) is 0 Å². The molecule has 0 saturated carbocycles. The molecule has 1 atom stereocenters. The Morgan fingerprint density at radius 2 is 1.82 bits per heavy atom. The molecular formula is C26H30N4O3. The molecule has 1 saturated heterocycles. The number of methoxy groups -OCH3 is 2. The predicted octanol–water partition coefficient (Wildman–Crippen LogP) is 4.37. The number of pyridine rings is 1. The van der Waals surface area contributed by atoms with E-state index in [4.69, 9.17) is 14.2 Å². The van der Waals surface area contributed by atoms with E-state index in [2.05, 4.69) is 46.4 Å². The second-order valence-corrected chi connectivity index (χ2v) is 8.50. The van der Waals surface area contributed by atoms with Crippen LogP contribution in [0.25, 0.3) is 10.8 Å². The number of ether oxygens (including phenoxy) is 3. The van der Waals surface area contributed by atoms with Crippen molar-refractivity contribution < 1.29 is 14.2 Å². The van der Waals surface area contributed by atoms with E-state index in [-0.39, 0.29) is 12.1 Å². The number of fused-ring (bicyclic) bond motifs is 1. The molecule has 0 radical (unpaired) electrons. The van der Waals surface area contributed by atoms with E-state index in [1.54, 1.807) is 20.4 Å². The number of benzene rings is 2. The average Bonchev–Trinajstić information content (AvgIpc) is 2.83. The van der Waals surface area contributed by atoms with Gasteiger partial charge in [0, 0.05) is 42.6 Å². The number of hydrogen-bond donors (Lipinski definition) is 1. The van der Waals surface area contributed by atoms with Gasteiger partial charge in [-0.2, -0.15) is 5.26 Å². The zero-order valence-electron chi connectivity index (χ0n) is 19.8. The minimum Gasteiger partial charge on any atom is -0.493 e. The fourth-order valence-corrected chi connectivity index (χ4v) is 4.33. The molecule has 0 spiro atoms. The normalized spacial score (nSPS) is 16.0. The molecule has 33 heavy (non-hydrogen) atoms. The van der Waals surface area contributed by atoms with E-state index in [0.717, 1.165) is 47.5 Å². The molecule has 1 fully saturated rings. The van der Waals surface area contributed by atoms with Gasteiger partial charge in [0.1, 0.15) is 17.6 Å². The molecule has 1 aromatic heterocycles. The van der Waals surface area contributed by atoms with Gasteiger partial charge in [-0.15, -0.1) is 0 Å². The summed E-state index contributed by atoms with van der Waals surface area (Å²) in [6, 6.07) is 12.5. The van der Waals surface area contributed by atoms with E-state index in [1.807, 2.05) is 26.0 Å². The molecule has 0 amide bonds. The van der Waals surface area contributed by atoms with Crippen LogP contribution in [-0.4, -0.2) is 44.9 Å². The number of anilines is 1. The van der Waals surface area contributed by atoms with E-state index in [1.165, 1.54) is 5.56 Å². The summed E-state index contributed by atoms with van der Waals surface area (Å²) in [7, 11) is 3.21. The van der Waals surface area contributed by atoms with Crippen molar-refractivity contribution in [2.24, 2.45) is 0 Å². The van der Waals surface area contributed by atoms with Gasteiger partial charge in [0.15, 0.2) is 11.5 Å². The van der Waals surface area contributed by atoms with Crippen LogP contribution in [0, 0.1) is 18.3 Å². The lowest BCUT2D eigenvalue weighted by Gasteiger charge is -2.35. The molecule has 3 aromatic rings. The SMILES string of the molecule is COc1cc2c(C#N)cnc(N3CCNC(c4ccc(OC(C)C)c(C)c4)C3)c2cc1OC. The number of rotatable bonds is 6. The number of aryl methyl sites for hydroxylation is 1. The van der Waals surface area contributed by atoms with Gasteiger partial charge in [0.25, 0.3) is 0 Å². The standard InChI is InChI=1S/C26H30N4O3/c1-16(2)33-23-7-6-18(10-17(23)3)22-15-30(9-8-28-22)26-21-12-25(32-5)24(31-4)11-20(21)19(13-27)14-29-26/h6-7,10-12,14,16,22,28H,8-9,15H2,1-5H3. The third-order valence-electron chi connectivity index (χ3n) is 5.93. The van der Waals surface area contributed by atoms with Crippen LogP contribution in [0.3, 0.4) is 0 Å². The lowest BCUT2D eigenvalue weighted by molar-refractivity contribution is 0.240. The molecule has 7 nitrogen and oxygen atoms in total. The number of aromatic nitrogens is 1.